The van der Waals surface area contributed by atoms with Crippen LogP contribution in [0.3, 0.4) is 0 Å². The monoisotopic (exact) mass is 219 g/mol. The zero-order valence-corrected chi connectivity index (χ0v) is 9.41. The van der Waals surface area contributed by atoms with E-state index in [-0.39, 0.29) is 0 Å². The minimum absolute atomic E-state index is 0.533. The smallest absolute Gasteiger partial charge is 0.160 e. The first-order chi connectivity index (χ1) is 8.36. The number of para-hydroxylation sites is 1. The maximum absolute atomic E-state index is 7.90. The molecule has 2 N–H and O–H groups in total. The van der Waals surface area contributed by atoms with Crippen molar-refractivity contribution < 1.29 is 6.15 Å². The fraction of sp³-hybridized carbons (Fsp3) is 0.538. The van der Waals surface area contributed by atoms with Crippen LogP contribution in [0.25, 0.3) is 0 Å². The SMILES string of the molecule is [2H]N1CCOc2c([C@@H]3CCCNC3)cccc21. The highest BCUT2D eigenvalue weighted by atomic mass is 16.5. The van der Waals surface area contributed by atoms with Gasteiger partial charge in [-0.05, 0) is 25.5 Å². The average molecular weight is 219 g/mol. The predicted octanol–water partition coefficient (Wildman–Crippen LogP) is 1.96. The number of rotatable bonds is 1. The van der Waals surface area contributed by atoms with Gasteiger partial charge in [0.15, 0.2) is 1.41 Å². The first-order valence-corrected chi connectivity index (χ1v) is 6.09. The van der Waals surface area contributed by atoms with E-state index in [2.05, 4.69) is 11.4 Å². The summed E-state index contributed by atoms with van der Waals surface area (Å²) in [6, 6.07) is 6.16. The van der Waals surface area contributed by atoms with E-state index >= 15 is 0 Å². The lowest BCUT2D eigenvalue weighted by atomic mass is 9.90. The van der Waals surface area contributed by atoms with Crippen LogP contribution in [0.4, 0.5) is 5.69 Å². The number of anilines is 1. The fourth-order valence-electron chi connectivity index (χ4n) is 2.58. The quantitative estimate of drug-likeness (QED) is 0.757. The Morgan fingerprint density at radius 1 is 1.38 bits per heavy atom. The van der Waals surface area contributed by atoms with Crippen LogP contribution in [0, 0.1) is 0 Å². The van der Waals surface area contributed by atoms with E-state index in [0.717, 1.165) is 24.5 Å². The van der Waals surface area contributed by atoms with Crippen LogP contribution >= 0.6 is 0 Å². The maximum Gasteiger partial charge on any atom is 0.160 e. The lowest BCUT2D eigenvalue weighted by molar-refractivity contribution is 0.314. The van der Waals surface area contributed by atoms with Gasteiger partial charge in [-0.2, -0.15) is 0 Å². The van der Waals surface area contributed by atoms with Crippen LogP contribution in [-0.2, 0) is 0 Å². The molecule has 0 bridgehead atoms. The van der Waals surface area contributed by atoms with Gasteiger partial charge in [0.2, 0.25) is 0 Å². The van der Waals surface area contributed by atoms with Crippen molar-refractivity contribution in [3.8, 4) is 5.75 Å². The summed E-state index contributed by atoms with van der Waals surface area (Å²) in [6.07, 6.45) is 2.43. The second kappa shape index (κ2) is 4.34. The number of fused-ring (bicyclic) bond motifs is 1. The summed E-state index contributed by atoms with van der Waals surface area (Å²) in [5, 5.41) is 4.98. The zero-order valence-electron chi connectivity index (χ0n) is 10.4. The molecular formula is C13H18N2O. The van der Waals surface area contributed by atoms with E-state index in [1.165, 1.54) is 18.4 Å². The third-order valence-electron chi connectivity index (χ3n) is 3.38. The van der Waals surface area contributed by atoms with Crippen molar-refractivity contribution in [3.05, 3.63) is 23.8 Å². The molecule has 2 heterocycles. The lowest BCUT2D eigenvalue weighted by Crippen LogP contribution is -2.29. The first-order valence-electron chi connectivity index (χ1n) is 6.54. The Hall–Kier alpha value is -1.22. The Bertz CT molecular complexity index is 404. The van der Waals surface area contributed by atoms with Crippen LogP contribution in [0.2, 0.25) is 1.41 Å². The van der Waals surface area contributed by atoms with E-state index in [4.69, 9.17) is 6.15 Å². The summed E-state index contributed by atoms with van der Waals surface area (Å²) in [7, 11) is 0. The highest BCUT2D eigenvalue weighted by Crippen LogP contribution is 2.37. The molecule has 2 aliphatic rings. The van der Waals surface area contributed by atoms with Gasteiger partial charge >= 0.3 is 0 Å². The highest BCUT2D eigenvalue weighted by molar-refractivity contribution is 5.62. The molecule has 1 aromatic rings. The van der Waals surface area contributed by atoms with Crippen molar-refractivity contribution in [1.82, 2.24) is 5.32 Å². The van der Waals surface area contributed by atoms with Gasteiger partial charge < -0.3 is 15.4 Å². The number of piperidine rings is 1. The molecule has 0 unspecified atom stereocenters. The largest absolute Gasteiger partial charge is 0.489 e. The van der Waals surface area contributed by atoms with Crippen molar-refractivity contribution in [2.24, 2.45) is 0 Å². The Morgan fingerprint density at radius 2 is 2.38 bits per heavy atom. The third-order valence-corrected chi connectivity index (χ3v) is 3.38. The van der Waals surface area contributed by atoms with Crippen molar-refractivity contribution in [3.63, 3.8) is 0 Å². The molecule has 86 valence electrons. The van der Waals surface area contributed by atoms with E-state index in [1.807, 2.05) is 12.1 Å². The molecule has 0 aromatic heterocycles. The van der Waals surface area contributed by atoms with Crippen LogP contribution in [0.1, 0.15) is 24.3 Å². The number of ether oxygens (including phenoxy) is 1. The van der Waals surface area contributed by atoms with Crippen LogP contribution in [-0.4, -0.2) is 26.2 Å². The second-order valence-electron chi connectivity index (χ2n) is 4.47. The fourth-order valence-corrected chi connectivity index (χ4v) is 2.58. The molecule has 3 heteroatoms. The molecule has 3 nitrogen and oxygen atoms in total. The number of hydrogen-bond donors (Lipinski definition) is 2. The van der Waals surface area contributed by atoms with E-state index in [1.54, 1.807) is 5.31 Å². The van der Waals surface area contributed by atoms with E-state index in [0.29, 0.717) is 19.1 Å². The minimum atomic E-state index is 0.533. The molecule has 0 saturated carbocycles. The molecule has 0 spiro atoms. The predicted molar refractivity (Wildman–Crippen MR) is 65.3 cm³/mol. The van der Waals surface area contributed by atoms with Gasteiger partial charge in [0.25, 0.3) is 0 Å². The van der Waals surface area contributed by atoms with Crippen LogP contribution in [0.15, 0.2) is 18.2 Å². The minimum Gasteiger partial charge on any atom is -0.489 e. The summed E-state index contributed by atoms with van der Waals surface area (Å²) < 4.78 is 13.7. The standard InChI is InChI=1S/C13H18N2O/c1-4-11(10-3-2-6-14-9-10)13-12(5-1)15-7-8-16-13/h1,4-5,10,14-15H,2-3,6-9H2/t10-/m1/s1/i/hD. The third kappa shape index (κ3) is 1.76. The molecule has 3 rings (SSSR count). The van der Waals surface area contributed by atoms with E-state index < -0.39 is 0 Å². The molecule has 2 aliphatic heterocycles. The van der Waals surface area contributed by atoms with Gasteiger partial charge in [0, 0.05) is 24.6 Å². The topological polar surface area (TPSA) is 33.3 Å². The summed E-state index contributed by atoms with van der Waals surface area (Å²) in [5.41, 5.74) is 2.19. The average Bonchev–Trinajstić information content (AvgIpc) is 2.40. The summed E-state index contributed by atoms with van der Waals surface area (Å²) >= 11 is 0. The summed E-state index contributed by atoms with van der Waals surface area (Å²) in [6.45, 7) is 3.42. The lowest BCUT2D eigenvalue weighted by Gasteiger charge is -2.28. The Kier molecular flexibility index (Phi) is 2.41. The Balaban J connectivity index is 1.96. The summed E-state index contributed by atoms with van der Waals surface area (Å²) in [5.74, 6) is 1.47. The second-order valence-corrected chi connectivity index (χ2v) is 4.47. The zero-order chi connectivity index (χ0) is 11.7. The highest BCUT2D eigenvalue weighted by Gasteiger charge is 2.22. The van der Waals surface area contributed by atoms with Crippen molar-refractivity contribution in [1.29, 1.82) is 0 Å². The van der Waals surface area contributed by atoms with Gasteiger partial charge in [0.05, 0.1) is 5.69 Å². The maximum atomic E-state index is 7.90. The van der Waals surface area contributed by atoms with Gasteiger partial charge in [-0.3, -0.25) is 0 Å². The van der Waals surface area contributed by atoms with E-state index in [9.17, 15) is 0 Å². The van der Waals surface area contributed by atoms with Gasteiger partial charge in [-0.15, -0.1) is 0 Å². The number of hydrogen-bond acceptors (Lipinski definition) is 3. The van der Waals surface area contributed by atoms with Crippen molar-refractivity contribution in [2.45, 2.75) is 18.8 Å². The van der Waals surface area contributed by atoms with Crippen molar-refractivity contribution >= 4 is 5.69 Å². The molecule has 0 aliphatic carbocycles. The molecule has 1 atom stereocenters. The summed E-state index contributed by atoms with van der Waals surface area (Å²) in [4.78, 5) is 0. The first kappa shape index (κ1) is 8.88. The van der Waals surface area contributed by atoms with Crippen LogP contribution in [0.5, 0.6) is 5.75 Å². The van der Waals surface area contributed by atoms with Crippen molar-refractivity contribution in [2.75, 3.05) is 31.6 Å². The molecule has 1 saturated heterocycles. The molecule has 0 amide bonds. The number of benzene rings is 1. The molecular weight excluding hydrogens is 200 g/mol. The Morgan fingerprint density at radius 3 is 3.25 bits per heavy atom. The molecule has 0 radical (unpaired) electrons. The normalized spacial score (nSPS) is 25.6. The van der Waals surface area contributed by atoms with Gasteiger partial charge in [0.1, 0.15) is 12.4 Å². The van der Waals surface area contributed by atoms with Gasteiger partial charge in [-0.25, -0.2) is 0 Å². The molecule has 16 heavy (non-hydrogen) atoms. The van der Waals surface area contributed by atoms with Crippen LogP contribution < -0.4 is 15.4 Å². The Labute approximate surface area is 97.7 Å². The molecule has 1 aromatic carbocycles. The molecule has 1 fully saturated rings. The number of nitrogens with one attached hydrogen (secondary N) is 2. The van der Waals surface area contributed by atoms with Gasteiger partial charge in [-0.1, -0.05) is 12.1 Å².